The number of rotatable bonds is 7. The maximum atomic E-state index is 12.7. The minimum atomic E-state index is -3.90. The van der Waals surface area contributed by atoms with Crippen LogP contribution in [-0.4, -0.2) is 54.8 Å². The summed E-state index contributed by atoms with van der Waals surface area (Å²) in [5.41, 5.74) is 0. The average molecular weight is 396 g/mol. The molecule has 0 bridgehead atoms. The van der Waals surface area contributed by atoms with Crippen LogP contribution in [0.15, 0.2) is 16.3 Å². The second-order valence-corrected chi connectivity index (χ2v) is 9.07. The minimum Gasteiger partial charge on any atom is -0.480 e. The third-order valence-corrected chi connectivity index (χ3v) is 7.19. The predicted molar refractivity (Wildman–Crippen MR) is 86.2 cm³/mol. The van der Waals surface area contributed by atoms with Crippen molar-refractivity contribution in [2.75, 3.05) is 6.54 Å². The fourth-order valence-electron chi connectivity index (χ4n) is 2.62. The Bertz CT molecular complexity index is 750. The Kier molecular flexibility index (Phi) is 6.12. The van der Waals surface area contributed by atoms with Gasteiger partial charge in [-0.15, -0.1) is 11.3 Å². The second kappa shape index (κ2) is 7.75. The number of amides is 1. The van der Waals surface area contributed by atoms with Crippen LogP contribution >= 0.6 is 11.3 Å². The minimum absolute atomic E-state index is 0.0899. The van der Waals surface area contributed by atoms with E-state index in [1.807, 2.05) is 5.32 Å². The maximum Gasteiger partial charge on any atom is 0.326 e. The first-order valence-electron chi connectivity index (χ1n) is 7.52. The van der Waals surface area contributed by atoms with E-state index in [4.69, 9.17) is 5.11 Å². The molecule has 1 aliphatic heterocycles. The van der Waals surface area contributed by atoms with Crippen molar-refractivity contribution in [2.45, 2.75) is 48.9 Å². The van der Waals surface area contributed by atoms with E-state index in [-0.39, 0.29) is 17.2 Å². The number of carbonyl (C=O) groups excluding carboxylic acids is 1. The molecule has 1 aromatic rings. The number of nitrogens with zero attached hydrogens (tertiary/aromatic N) is 1. The van der Waals surface area contributed by atoms with E-state index in [2.05, 4.69) is 0 Å². The van der Waals surface area contributed by atoms with Crippen LogP contribution in [0.25, 0.3) is 0 Å². The number of aryl methyl sites for hydroxylation is 1. The lowest BCUT2D eigenvalue weighted by atomic mass is 10.1. The number of thiophene rings is 1. The summed E-state index contributed by atoms with van der Waals surface area (Å²) in [5.74, 6) is -2.46. The highest BCUT2D eigenvalue weighted by Crippen LogP contribution is 2.30. The number of sulfonamides is 1. The Morgan fingerprint density at radius 2 is 2.12 bits per heavy atom. The quantitative estimate of drug-likeness (QED) is 0.726. The van der Waals surface area contributed by atoms with Gasteiger partial charge in [0.2, 0.25) is 12.3 Å². The summed E-state index contributed by atoms with van der Waals surface area (Å²) >= 11 is 1.07. The largest absolute Gasteiger partial charge is 0.480 e. The van der Waals surface area contributed by atoms with Crippen molar-refractivity contribution in [3.63, 3.8) is 0 Å². The molecular weight excluding hydrogens is 378 g/mol. The summed E-state index contributed by atoms with van der Waals surface area (Å²) in [6, 6.07) is 0.221. The van der Waals surface area contributed by atoms with Gasteiger partial charge in [0.15, 0.2) is 0 Å². The standard InChI is InChI=1S/C14H18F2N2O5S2/c1-8-4-5-12(24-8)25(22,23)18-6-2-3-10(18)13(19)17-9(14(20)21)7-11(15)16/h4-5,9-11H,2-3,6-7H2,1H3,(H,17,19)(H,20,21). The molecule has 1 amide bonds. The molecule has 2 heterocycles. The molecule has 25 heavy (non-hydrogen) atoms. The summed E-state index contributed by atoms with van der Waals surface area (Å²) in [6.45, 7) is 1.86. The van der Waals surface area contributed by atoms with Crippen molar-refractivity contribution in [1.29, 1.82) is 0 Å². The Balaban J connectivity index is 2.17. The molecule has 0 aliphatic carbocycles. The number of alkyl halides is 2. The highest BCUT2D eigenvalue weighted by atomic mass is 32.2. The zero-order chi connectivity index (χ0) is 18.8. The van der Waals surface area contributed by atoms with Crippen LogP contribution in [0, 0.1) is 6.92 Å². The predicted octanol–water partition coefficient (Wildman–Crippen LogP) is 1.43. The van der Waals surface area contributed by atoms with E-state index in [1.54, 1.807) is 13.0 Å². The number of hydrogen-bond donors (Lipinski definition) is 2. The smallest absolute Gasteiger partial charge is 0.326 e. The number of carboxylic acid groups (broad SMARTS) is 1. The second-order valence-electron chi connectivity index (χ2n) is 5.67. The number of carboxylic acids is 1. The Morgan fingerprint density at radius 1 is 1.44 bits per heavy atom. The van der Waals surface area contributed by atoms with Crippen LogP contribution in [0.2, 0.25) is 0 Å². The van der Waals surface area contributed by atoms with Crippen LogP contribution in [0.3, 0.4) is 0 Å². The van der Waals surface area contributed by atoms with E-state index in [0.29, 0.717) is 6.42 Å². The molecule has 140 valence electrons. The summed E-state index contributed by atoms with van der Waals surface area (Å²) < 4.78 is 51.3. The normalized spacial score (nSPS) is 19.9. The van der Waals surface area contributed by atoms with Crippen molar-refractivity contribution in [2.24, 2.45) is 0 Å². The Labute approximate surface area is 147 Å². The first kappa shape index (κ1) is 19.7. The molecule has 0 radical (unpaired) electrons. The van der Waals surface area contributed by atoms with Crippen LogP contribution in [0.5, 0.6) is 0 Å². The van der Waals surface area contributed by atoms with E-state index < -0.39 is 46.8 Å². The van der Waals surface area contributed by atoms with Crippen molar-refractivity contribution in [3.8, 4) is 0 Å². The molecule has 1 saturated heterocycles. The van der Waals surface area contributed by atoms with Gasteiger partial charge in [-0.1, -0.05) is 0 Å². The molecule has 0 saturated carbocycles. The lowest BCUT2D eigenvalue weighted by Crippen LogP contribution is -2.51. The van der Waals surface area contributed by atoms with Gasteiger partial charge in [-0.2, -0.15) is 4.31 Å². The van der Waals surface area contributed by atoms with E-state index in [9.17, 15) is 26.8 Å². The van der Waals surface area contributed by atoms with Crippen molar-refractivity contribution in [1.82, 2.24) is 9.62 Å². The van der Waals surface area contributed by atoms with Gasteiger partial charge in [0.1, 0.15) is 16.3 Å². The number of carbonyl (C=O) groups is 2. The van der Waals surface area contributed by atoms with Gasteiger partial charge in [-0.05, 0) is 31.9 Å². The van der Waals surface area contributed by atoms with Gasteiger partial charge in [-0.3, -0.25) is 4.79 Å². The highest BCUT2D eigenvalue weighted by Gasteiger charge is 2.41. The summed E-state index contributed by atoms with van der Waals surface area (Å²) in [6.07, 6.45) is -3.31. The Morgan fingerprint density at radius 3 is 2.64 bits per heavy atom. The number of aliphatic carboxylic acids is 1. The van der Waals surface area contributed by atoms with Gasteiger partial charge < -0.3 is 10.4 Å². The van der Waals surface area contributed by atoms with Crippen molar-refractivity contribution in [3.05, 3.63) is 17.0 Å². The molecular formula is C14H18F2N2O5S2. The van der Waals surface area contributed by atoms with E-state index in [1.165, 1.54) is 6.07 Å². The molecule has 0 aromatic carbocycles. The molecule has 1 aromatic heterocycles. The third kappa shape index (κ3) is 4.53. The third-order valence-electron chi connectivity index (χ3n) is 3.81. The molecule has 2 rings (SSSR count). The fourth-order valence-corrected chi connectivity index (χ4v) is 5.69. The molecule has 2 N–H and O–H groups in total. The summed E-state index contributed by atoms with van der Waals surface area (Å²) in [4.78, 5) is 24.1. The molecule has 1 fully saturated rings. The van der Waals surface area contributed by atoms with Gasteiger partial charge in [-0.25, -0.2) is 22.0 Å². The molecule has 0 spiro atoms. The van der Waals surface area contributed by atoms with Crippen LogP contribution in [-0.2, 0) is 19.6 Å². The topological polar surface area (TPSA) is 104 Å². The number of halogens is 2. The van der Waals surface area contributed by atoms with Crippen LogP contribution in [0.4, 0.5) is 8.78 Å². The molecule has 2 atom stereocenters. The van der Waals surface area contributed by atoms with Crippen LogP contribution < -0.4 is 5.32 Å². The van der Waals surface area contributed by atoms with E-state index in [0.717, 1.165) is 20.5 Å². The SMILES string of the molecule is Cc1ccc(S(=O)(=O)N2CCCC2C(=O)NC(CC(F)F)C(=O)O)s1. The highest BCUT2D eigenvalue weighted by molar-refractivity contribution is 7.91. The lowest BCUT2D eigenvalue weighted by molar-refractivity contribution is -0.143. The van der Waals surface area contributed by atoms with Gasteiger partial charge in [0.25, 0.3) is 10.0 Å². The fraction of sp³-hybridized carbons (Fsp3) is 0.571. The first-order chi connectivity index (χ1) is 11.6. The van der Waals surface area contributed by atoms with E-state index >= 15 is 0 Å². The molecule has 11 heteroatoms. The summed E-state index contributed by atoms with van der Waals surface area (Å²) in [7, 11) is -3.90. The first-order valence-corrected chi connectivity index (χ1v) is 9.78. The zero-order valence-electron chi connectivity index (χ0n) is 13.3. The molecule has 7 nitrogen and oxygen atoms in total. The number of nitrogens with one attached hydrogen (secondary N) is 1. The van der Waals surface area contributed by atoms with Crippen LogP contribution in [0.1, 0.15) is 24.1 Å². The average Bonchev–Trinajstić information content (AvgIpc) is 3.14. The van der Waals surface area contributed by atoms with Gasteiger partial charge in [0.05, 0.1) is 0 Å². The van der Waals surface area contributed by atoms with Crippen molar-refractivity contribution < 1.29 is 31.9 Å². The number of hydrogen-bond acceptors (Lipinski definition) is 5. The van der Waals surface area contributed by atoms with Gasteiger partial charge >= 0.3 is 5.97 Å². The monoisotopic (exact) mass is 396 g/mol. The zero-order valence-corrected chi connectivity index (χ0v) is 14.9. The maximum absolute atomic E-state index is 12.7. The summed E-state index contributed by atoms with van der Waals surface area (Å²) in [5, 5.41) is 11.0. The lowest BCUT2D eigenvalue weighted by Gasteiger charge is -2.24. The van der Waals surface area contributed by atoms with Gasteiger partial charge in [0, 0.05) is 17.8 Å². The molecule has 2 unspecified atom stereocenters. The molecule has 1 aliphatic rings. The van der Waals surface area contributed by atoms with Crippen molar-refractivity contribution >= 4 is 33.2 Å². The Hall–Kier alpha value is -1.59.